The van der Waals surface area contributed by atoms with Gasteiger partial charge in [-0.15, -0.1) is 0 Å². The lowest BCUT2D eigenvalue weighted by molar-refractivity contribution is -0.118. The SMILES string of the molecule is NC(=O)NC(=O)CNc1cccc(Cl)c1Br. The Balaban J connectivity index is 2.58. The Hall–Kier alpha value is -1.27. The molecule has 0 heterocycles. The Kier molecular flexibility index (Phi) is 4.57. The van der Waals surface area contributed by atoms with E-state index < -0.39 is 11.9 Å². The summed E-state index contributed by atoms with van der Waals surface area (Å²) in [6, 6.07) is 4.31. The van der Waals surface area contributed by atoms with Crippen molar-refractivity contribution in [2.45, 2.75) is 0 Å². The number of urea groups is 1. The number of hydrogen-bond donors (Lipinski definition) is 3. The molecule has 3 amide bonds. The van der Waals surface area contributed by atoms with Crippen LogP contribution >= 0.6 is 27.5 Å². The van der Waals surface area contributed by atoms with E-state index in [-0.39, 0.29) is 6.54 Å². The number of benzene rings is 1. The van der Waals surface area contributed by atoms with E-state index in [9.17, 15) is 9.59 Å². The van der Waals surface area contributed by atoms with E-state index in [1.54, 1.807) is 18.2 Å². The van der Waals surface area contributed by atoms with Crippen LogP contribution in [0.3, 0.4) is 0 Å². The summed E-state index contributed by atoms with van der Waals surface area (Å²) in [5.74, 6) is -0.514. The van der Waals surface area contributed by atoms with Crippen LogP contribution in [0.5, 0.6) is 0 Å². The molecular weight excluding hydrogens is 297 g/mol. The summed E-state index contributed by atoms with van der Waals surface area (Å²) in [7, 11) is 0. The van der Waals surface area contributed by atoms with Gasteiger partial charge in [0.2, 0.25) is 5.91 Å². The van der Waals surface area contributed by atoms with E-state index in [0.29, 0.717) is 15.2 Å². The summed E-state index contributed by atoms with van der Waals surface area (Å²) in [5.41, 5.74) is 5.45. The van der Waals surface area contributed by atoms with Gasteiger partial charge in [-0.05, 0) is 28.1 Å². The van der Waals surface area contributed by atoms with Crippen molar-refractivity contribution in [3.63, 3.8) is 0 Å². The second-order valence-electron chi connectivity index (χ2n) is 2.87. The fraction of sp³-hybridized carbons (Fsp3) is 0.111. The second kappa shape index (κ2) is 5.72. The van der Waals surface area contributed by atoms with Crippen LogP contribution in [0.1, 0.15) is 0 Å². The van der Waals surface area contributed by atoms with Gasteiger partial charge in [-0.25, -0.2) is 4.79 Å². The van der Waals surface area contributed by atoms with Crippen molar-refractivity contribution in [3.8, 4) is 0 Å². The molecule has 0 saturated carbocycles. The van der Waals surface area contributed by atoms with Crippen LogP contribution < -0.4 is 16.4 Å². The van der Waals surface area contributed by atoms with Gasteiger partial charge in [-0.1, -0.05) is 17.7 Å². The minimum atomic E-state index is -0.878. The molecule has 16 heavy (non-hydrogen) atoms. The third-order valence-corrected chi connectivity index (χ3v) is 3.05. The normalized spacial score (nSPS) is 9.62. The Labute approximate surface area is 105 Å². The minimum absolute atomic E-state index is 0.0676. The lowest BCUT2D eigenvalue weighted by Gasteiger charge is -2.08. The fourth-order valence-electron chi connectivity index (χ4n) is 0.997. The number of nitrogens with two attached hydrogens (primary N) is 1. The summed E-state index contributed by atoms with van der Waals surface area (Å²) >= 11 is 9.12. The van der Waals surface area contributed by atoms with Crippen LogP contribution in [-0.4, -0.2) is 18.5 Å². The standard InChI is InChI=1S/C9H9BrClN3O2/c10-8-5(11)2-1-3-6(8)13-4-7(15)14-9(12)16/h1-3,13H,4H2,(H3,12,14,15,16). The Morgan fingerprint density at radius 3 is 2.75 bits per heavy atom. The van der Waals surface area contributed by atoms with Gasteiger partial charge in [-0.3, -0.25) is 10.1 Å². The zero-order chi connectivity index (χ0) is 12.1. The van der Waals surface area contributed by atoms with E-state index in [1.165, 1.54) is 0 Å². The molecule has 5 nitrogen and oxygen atoms in total. The Morgan fingerprint density at radius 1 is 1.44 bits per heavy atom. The van der Waals surface area contributed by atoms with Crippen LogP contribution in [0.15, 0.2) is 22.7 Å². The van der Waals surface area contributed by atoms with Crippen molar-refractivity contribution in [2.75, 3.05) is 11.9 Å². The number of carbonyl (C=O) groups excluding carboxylic acids is 2. The van der Waals surface area contributed by atoms with Gasteiger partial charge < -0.3 is 11.1 Å². The average Bonchev–Trinajstić information content (AvgIpc) is 2.19. The highest BCUT2D eigenvalue weighted by atomic mass is 79.9. The first-order valence-corrected chi connectivity index (χ1v) is 5.45. The number of anilines is 1. The van der Waals surface area contributed by atoms with E-state index in [0.717, 1.165) is 0 Å². The highest BCUT2D eigenvalue weighted by Crippen LogP contribution is 2.29. The maximum Gasteiger partial charge on any atom is 0.318 e. The van der Waals surface area contributed by atoms with Gasteiger partial charge in [0.1, 0.15) is 0 Å². The van der Waals surface area contributed by atoms with E-state index >= 15 is 0 Å². The summed E-state index contributed by atoms with van der Waals surface area (Å²) < 4.78 is 0.656. The molecule has 0 aromatic heterocycles. The van der Waals surface area contributed by atoms with Crippen molar-refractivity contribution in [1.82, 2.24) is 5.32 Å². The molecule has 0 fully saturated rings. The summed E-state index contributed by atoms with van der Waals surface area (Å²) in [4.78, 5) is 21.5. The molecule has 0 saturated heterocycles. The summed E-state index contributed by atoms with van der Waals surface area (Å²) in [5, 5.41) is 5.27. The lowest BCUT2D eigenvalue weighted by atomic mass is 10.3. The number of rotatable bonds is 3. The zero-order valence-corrected chi connectivity index (χ0v) is 10.4. The van der Waals surface area contributed by atoms with Crippen molar-refractivity contribution in [2.24, 2.45) is 5.73 Å². The predicted octanol–water partition coefficient (Wildman–Crippen LogP) is 1.71. The number of hydrogen-bond acceptors (Lipinski definition) is 3. The molecule has 1 rings (SSSR count). The van der Waals surface area contributed by atoms with Crippen LogP contribution in [0.25, 0.3) is 0 Å². The molecule has 86 valence electrons. The van der Waals surface area contributed by atoms with Gasteiger partial charge in [0.25, 0.3) is 0 Å². The molecule has 0 aliphatic carbocycles. The van der Waals surface area contributed by atoms with Crippen LogP contribution in [0.2, 0.25) is 5.02 Å². The number of primary amides is 1. The third-order valence-electron chi connectivity index (χ3n) is 1.65. The molecule has 1 aromatic rings. The number of amides is 3. The number of nitrogens with one attached hydrogen (secondary N) is 2. The molecule has 0 spiro atoms. The molecule has 0 aliphatic rings. The molecule has 4 N–H and O–H groups in total. The Morgan fingerprint density at radius 2 is 2.12 bits per heavy atom. The fourth-order valence-corrected chi connectivity index (χ4v) is 1.58. The molecule has 0 radical (unpaired) electrons. The molecule has 7 heteroatoms. The lowest BCUT2D eigenvalue weighted by Crippen LogP contribution is -2.38. The van der Waals surface area contributed by atoms with E-state index in [4.69, 9.17) is 17.3 Å². The number of halogens is 2. The minimum Gasteiger partial charge on any atom is -0.375 e. The van der Waals surface area contributed by atoms with E-state index in [2.05, 4.69) is 21.2 Å². The van der Waals surface area contributed by atoms with Gasteiger partial charge in [-0.2, -0.15) is 0 Å². The first kappa shape index (κ1) is 12.8. The monoisotopic (exact) mass is 305 g/mol. The highest BCUT2D eigenvalue weighted by Gasteiger charge is 2.06. The third kappa shape index (κ3) is 3.71. The van der Waals surface area contributed by atoms with Crippen LogP contribution in [0, 0.1) is 0 Å². The van der Waals surface area contributed by atoms with Crippen LogP contribution in [-0.2, 0) is 4.79 Å². The predicted molar refractivity (Wildman–Crippen MR) is 65.4 cm³/mol. The van der Waals surface area contributed by atoms with Crippen molar-refractivity contribution in [3.05, 3.63) is 27.7 Å². The van der Waals surface area contributed by atoms with Gasteiger partial charge in [0, 0.05) is 0 Å². The van der Waals surface area contributed by atoms with Gasteiger partial charge in [0.05, 0.1) is 21.7 Å². The smallest absolute Gasteiger partial charge is 0.318 e. The first-order valence-electron chi connectivity index (χ1n) is 4.28. The highest BCUT2D eigenvalue weighted by molar-refractivity contribution is 9.10. The number of imide groups is 1. The molecule has 0 atom stereocenters. The average molecular weight is 307 g/mol. The summed E-state index contributed by atoms with van der Waals surface area (Å²) in [6.45, 7) is -0.0676. The second-order valence-corrected chi connectivity index (χ2v) is 4.07. The van der Waals surface area contributed by atoms with E-state index in [1.807, 2.05) is 5.32 Å². The quantitative estimate of drug-likeness (QED) is 0.795. The molecule has 1 aromatic carbocycles. The topological polar surface area (TPSA) is 84.2 Å². The first-order chi connectivity index (χ1) is 7.50. The zero-order valence-electron chi connectivity index (χ0n) is 8.09. The number of carbonyl (C=O) groups is 2. The molecule has 0 aliphatic heterocycles. The van der Waals surface area contributed by atoms with Crippen molar-refractivity contribution >= 4 is 45.2 Å². The Bertz CT molecular complexity index is 425. The molecule has 0 bridgehead atoms. The largest absolute Gasteiger partial charge is 0.375 e. The van der Waals surface area contributed by atoms with Crippen molar-refractivity contribution < 1.29 is 9.59 Å². The van der Waals surface area contributed by atoms with Gasteiger partial charge >= 0.3 is 6.03 Å². The molecular formula is C9H9BrClN3O2. The van der Waals surface area contributed by atoms with Gasteiger partial charge in [0.15, 0.2) is 0 Å². The molecule has 0 unspecified atom stereocenters. The summed E-state index contributed by atoms with van der Waals surface area (Å²) in [6.07, 6.45) is 0. The maximum atomic E-state index is 11.1. The van der Waals surface area contributed by atoms with Crippen LogP contribution in [0.4, 0.5) is 10.5 Å². The van der Waals surface area contributed by atoms with Crippen molar-refractivity contribution in [1.29, 1.82) is 0 Å². The maximum absolute atomic E-state index is 11.1.